The van der Waals surface area contributed by atoms with Gasteiger partial charge in [0.2, 0.25) is 0 Å². The Kier molecular flexibility index (Phi) is 17.4. The number of hydrogen-bond donors (Lipinski definition) is 3. The van der Waals surface area contributed by atoms with Crippen molar-refractivity contribution in [2.75, 3.05) is 26.2 Å². The molecule has 2 bridgehead atoms. The van der Waals surface area contributed by atoms with Gasteiger partial charge in [-0.3, -0.25) is 14.4 Å². The second kappa shape index (κ2) is 21.0. The fraction of sp³-hybridized carbons (Fsp3) is 0.930. The van der Waals surface area contributed by atoms with Crippen molar-refractivity contribution in [2.24, 2.45) is 63.5 Å². The SMILES string of the molecule is CCCCCCCCOC(=O)CC[C@@H](C)[C@H]1CC[C@H]2[C@@H]3[C@H](OC(=O)CCN)C[C@H]4C[C@H](OC(C)CCN)CC[C@@](C)(C4)[C@H]3C[C@H](OC(=O)CCN)[C@]12C. The number of nitrogens with two attached hydrogens (primary N) is 3. The first-order valence-electron chi connectivity index (χ1n) is 21.7. The third-order valence-electron chi connectivity index (χ3n) is 14.3. The summed E-state index contributed by atoms with van der Waals surface area (Å²) in [5.74, 6) is 0.809. The molecule has 306 valence electrons. The van der Waals surface area contributed by atoms with Gasteiger partial charge in [0.05, 0.1) is 31.7 Å². The molecule has 0 saturated heterocycles. The van der Waals surface area contributed by atoms with Gasteiger partial charge in [-0.15, -0.1) is 0 Å². The second-order valence-electron chi connectivity index (χ2n) is 18.0. The van der Waals surface area contributed by atoms with Crippen LogP contribution in [0.1, 0.15) is 157 Å². The van der Waals surface area contributed by atoms with Crippen molar-refractivity contribution in [1.82, 2.24) is 0 Å². The Balaban J connectivity index is 1.58. The lowest BCUT2D eigenvalue weighted by atomic mass is 9.49. The molecular weight excluding hydrogens is 670 g/mol. The van der Waals surface area contributed by atoms with Crippen LogP contribution in [0.25, 0.3) is 0 Å². The molecule has 1 unspecified atom stereocenters. The van der Waals surface area contributed by atoms with Crippen molar-refractivity contribution >= 4 is 17.9 Å². The van der Waals surface area contributed by atoms with E-state index in [9.17, 15) is 14.4 Å². The summed E-state index contributed by atoms with van der Waals surface area (Å²) in [6.07, 6.45) is 16.5. The minimum absolute atomic E-state index is 0.0249. The van der Waals surface area contributed by atoms with Crippen LogP contribution in [0.3, 0.4) is 0 Å². The molecule has 12 atom stereocenters. The average molecular weight is 748 g/mol. The summed E-state index contributed by atoms with van der Waals surface area (Å²) in [5, 5.41) is 0. The third kappa shape index (κ3) is 11.4. The number of esters is 3. The second-order valence-corrected chi connectivity index (χ2v) is 18.0. The lowest BCUT2D eigenvalue weighted by Gasteiger charge is -2.58. The molecule has 4 rings (SSSR count). The molecule has 0 radical (unpaired) electrons. The predicted octanol–water partition coefficient (Wildman–Crippen LogP) is 7.22. The van der Waals surface area contributed by atoms with E-state index in [1.54, 1.807) is 0 Å². The maximum Gasteiger partial charge on any atom is 0.307 e. The van der Waals surface area contributed by atoms with Gasteiger partial charge in [-0.2, -0.15) is 0 Å². The van der Waals surface area contributed by atoms with Crippen LogP contribution >= 0.6 is 0 Å². The van der Waals surface area contributed by atoms with Crippen molar-refractivity contribution in [1.29, 1.82) is 0 Å². The van der Waals surface area contributed by atoms with E-state index >= 15 is 0 Å². The third-order valence-corrected chi connectivity index (χ3v) is 14.3. The molecule has 4 fully saturated rings. The number of hydrogen-bond acceptors (Lipinski definition) is 10. The van der Waals surface area contributed by atoms with E-state index in [0.717, 1.165) is 77.0 Å². The molecule has 4 aliphatic carbocycles. The summed E-state index contributed by atoms with van der Waals surface area (Å²) in [7, 11) is 0. The van der Waals surface area contributed by atoms with Crippen LogP contribution in [-0.2, 0) is 33.3 Å². The molecule has 0 amide bonds. The first-order chi connectivity index (χ1) is 25.4. The summed E-state index contributed by atoms with van der Waals surface area (Å²) in [4.78, 5) is 39.5. The van der Waals surface area contributed by atoms with Crippen LogP contribution in [0, 0.1) is 46.3 Å². The normalized spacial score (nSPS) is 34.9. The zero-order valence-electron chi connectivity index (χ0n) is 34.1. The Morgan fingerprint density at radius 2 is 1.45 bits per heavy atom. The smallest absolute Gasteiger partial charge is 0.307 e. The van der Waals surface area contributed by atoms with Gasteiger partial charge >= 0.3 is 17.9 Å². The average Bonchev–Trinajstić information content (AvgIpc) is 3.32. The largest absolute Gasteiger partial charge is 0.466 e. The standard InChI is InChI=1S/C43H77N3O7/c1-6-7-8-9-10-11-24-50-38(47)15-12-29(2)33-13-14-34-41-35(27-37(43(33,34)5)53-40(49)19-23-46)42(4)20-16-32(51-30(3)17-21-44)25-31(28-42)26-36(41)52-39(48)18-22-45/h29-37,41H,6-28,44-46H2,1-5H3/t29-,30?,31-,32-,33-,34+,35+,36-,37+,41+,42+,43-/m1/s1. The van der Waals surface area contributed by atoms with E-state index in [2.05, 4.69) is 34.6 Å². The molecule has 0 aromatic rings. The highest BCUT2D eigenvalue weighted by Crippen LogP contribution is 2.67. The minimum Gasteiger partial charge on any atom is -0.466 e. The first-order valence-corrected chi connectivity index (χ1v) is 21.7. The van der Waals surface area contributed by atoms with Crippen molar-refractivity contribution in [3.05, 3.63) is 0 Å². The maximum absolute atomic E-state index is 13.3. The van der Waals surface area contributed by atoms with Crippen LogP contribution in [0.5, 0.6) is 0 Å². The minimum atomic E-state index is -0.333. The molecule has 4 aliphatic rings. The monoisotopic (exact) mass is 748 g/mol. The van der Waals surface area contributed by atoms with Gasteiger partial charge in [-0.25, -0.2) is 0 Å². The molecule has 10 heteroatoms. The fourth-order valence-electron chi connectivity index (χ4n) is 11.7. The molecular formula is C43H77N3O7. The Hall–Kier alpha value is -1.75. The van der Waals surface area contributed by atoms with Crippen LogP contribution in [0.4, 0.5) is 0 Å². The van der Waals surface area contributed by atoms with Crippen LogP contribution in [0.2, 0.25) is 0 Å². The van der Waals surface area contributed by atoms with E-state index in [1.165, 1.54) is 25.7 Å². The van der Waals surface area contributed by atoms with Gasteiger partial charge in [0.1, 0.15) is 12.2 Å². The van der Waals surface area contributed by atoms with E-state index in [-0.39, 0.29) is 109 Å². The summed E-state index contributed by atoms with van der Waals surface area (Å²) in [5.41, 5.74) is 17.2. The van der Waals surface area contributed by atoms with Crippen molar-refractivity contribution in [3.63, 3.8) is 0 Å². The first kappa shape index (κ1) is 44.0. The number of ether oxygens (including phenoxy) is 4. The summed E-state index contributed by atoms with van der Waals surface area (Å²) in [6.45, 7) is 13.0. The Bertz CT molecular complexity index is 1150. The zero-order valence-corrected chi connectivity index (χ0v) is 34.1. The molecule has 0 aromatic carbocycles. The topological polar surface area (TPSA) is 166 Å². The fourth-order valence-corrected chi connectivity index (χ4v) is 11.7. The highest BCUT2D eigenvalue weighted by Gasteiger charge is 2.66. The van der Waals surface area contributed by atoms with Gasteiger partial charge < -0.3 is 36.1 Å². The molecule has 10 nitrogen and oxygen atoms in total. The highest BCUT2D eigenvalue weighted by atomic mass is 16.6. The van der Waals surface area contributed by atoms with E-state index in [0.29, 0.717) is 25.5 Å². The Morgan fingerprint density at radius 1 is 0.755 bits per heavy atom. The summed E-state index contributed by atoms with van der Waals surface area (Å²) in [6, 6.07) is 0. The lowest BCUT2D eigenvalue weighted by Crippen LogP contribution is -2.58. The molecule has 53 heavy (non-hydrogen) atoms. The van der Waals surface area contributed by atoms with Gasteiger partial charge in [0, 0.05) is 30.8 Å². The molecule has 6 N–H and O–H groups in total. The molecule has 0 heterocycles. The number of carbonyl (C=O) groups excluding carboxylic acids is 3. The van der Waals surface area contributed by atoms with Crippen molar-refractivity contribution < 1.29 is 33.3 Å². The zero-order chi connectivity index (χ0) is 38.6. The van der Waals surface area contributed by atoms with E-state index in [1.807, 2.05) is 0 Å². The molecule has 0 aliphatic heterocycles. The lowest BCUT2D eigenvalue weighted by molar-refractivity contribution is -0.194. The number of unbranched alkanes of at least 4 members (excludes halogenated alkanes) is 5. The predicted molar refractivity (Wildman–Crippen MR) is 208 cm³/mol. The van der Waals surface area contributed by atoms with Crippen LogP contribution in [0.15, 0.2) is 0 Å². The maximum atomic E-state index is 13.3. The highest BCUT2D eigenvalue weighted by molar-refractivity contribution is 5.70. The van der Waals surface area contributed by atoms with E-state index in [4.69, 9.17) is 36.1 Å². The molecule has 4 saturated carbocycles. The van der Waals surface area contributed by atoms with Gasteiger partial charge in [0.25, 0.3) is 0 Å². The molecule has 0 spiro atoms. The van der Waals surface area contributed by atoms with Crippen molar-refractivity contribution in [3.8, 4) is 0 Å². The number of fused-ring (bicyclic) bond motifs is 6. The molecule has 0 aromatic heterocycles. The van der Waals surface area contributed by atoms with Crippen LogP contribution in [-0.4, -0.2) is 68.6 Å². The summed E-state index contributed by atoms with van der Waals surface area (Å²) < 4.78 is 25.3. The quantitative estimate of drug-likeness (QED) is 0.0620. The van der Waals surface area contributed by atoms with Crippen molar-refractivity contribution in [2.45, 2.75) is 181 Å². The summed E-state index contributed by atoms with van der Waals surface area (Å²) >= 11 is 0. The number of carbonyl (C=O) groups is 3. The Labute approximate surface area is 321 Å². The Morgan fingerprint density at radius 3 is 2.15 bits per heavy atom. The number of rotatable bonds is 21. The van der Waals surface area contributed by atoms with Crippen LogP contribution < -0.4 is 17.2 Å². The van der Waals surface area contributed by atoms with E-state index < -0.39 is 0 Å². The van der Waals surface area contributed by atoms with Gasteiger partial charge in [0.15, 0.2) is 0 Å². The van der Waals surface area contributed by atoms with Gasteiger partial charge in [-0.1, -0.05) is 59.8 Å². The van der Waals surface area contributed by atoms with Gasteiger partial charge in [-0.05, 0) is 119 Å².